The molecule has 0 saturated carbocycles. The lowest BCUT2D eigenvalue weighted by molar-refractivity contribution is 0.808. The summed E-state index contributed by atoms with van der Waals surface area (Å²) in [6.07, 6.45) is 0. The molecule has 0 bridgehead atoms. The molecular weight excluding hydrogens is 249 g/mol. The summed E-state index contributed by atoms with van der Waals surface area (Å²) in [5, 5.41) is 16.9. The normalized spacial score (nSPS) is 10.1. The van der Waals surface area contributed by atoms with Crippen LogP contribution in [0.2, 0.25) is 10.0 Å². The van der Waals surface area contributed by atoms with Crippen molar-refractivity contribution in [1.82, 2.24) is 15.0 Å². The lowest BCUT2D eigenvalue weighted by Crippen LogP contribution is -2.03. The molecule has 16 heavy (non-hydrogen) atoms. The third kappa shape index (κ3) is 1.69. The maximum absolute atomic E-state index is 8.69. The van der Waals surface area contributed by atoms with Crippen molar-refractivity contribution in [2.45, 2.75) is 0 Å². The van der Waals surface area contributed by atoms with E-state index in [0.717, 1.165) is 0 Å². The lowest BCUT2D eigenvalue weighted by atomic mass is 10.3. The van der Waals surface area contributed by atoms with E-state index in [9.17, 15) is 0 Å². The van der Waals surface area contributed by atoms with E-state index in [-0.39, 0.29) is 11.5 Å². The highest BCUT2D eigenvalue weighted by atomic mass is 35.5. The van der Waals surface area contributed by atoms with Gasteiger partial charge in [0.1, 0.15) is 6.07 Å². The molecule has 0 atom stereocenters. The maximum atomic E-state index is 8.69. The van der Waals surface area contributed by atoms with Crippen molar-refractivity contribution in [2.24, 2.45) is 0 Å². The predicted octanol–water partition coefficient (Wildman–Crippen LogP) is 2.03. The summed E-state index contributed by atoms with van der Waals surface area (Å²) in [6.45, 7) is 0. The van der Waals surface area contributed by atoms with Crippen molar-refractivity contribution in [3.05, 3.63) is 33.9 Å². The Balaban J connectivity index is 2.60. The molecule has 0 fully saturated rings. The van der Waals surface area contributed by atoms with E-state index in [1.165, 1.54) is 4.68 Å². The van der Waals surface area contributed by atoms with Crippen molar-refractivity contribution in [1.29, 1.82) is 5.26 Å². The number of nitrogens with two attached hydrogens (primary N) is 1. The van der Waals surface area contributed by atoms with Crippen molar-refractivity contribution >= 4 is 29.0 Å². The van der Waals surface area contributed by atoms with E-state index in [1.54, 1.807) is 18.2 Å². The minimum absolute atomic E-state index is 0.0611. The summed E-state index contributed by atoms with van der Waals surface area (Å²) in [5.41, 5.74) is 6.26. The van der Waals surface area contributed by atoms with Gasteiger partial charge in [-0.15, -0.1) is 5.10 Å². The molecule has 0 radical (unpaired) electrons. The van der Waals surface area contributed by atoms with E-state index in [2.05, 4.69) is 10.3 Å². The number of anilines is 1. The van der Waals surface area contributed by atoms with Crippen LogP contribution in [0.15, 0.2) is 18.2 Å². The van der Waals surface area contributed by atoms with E-state index >= 15 is 0 Å². The van der Waals surface area contributed by atoms with Gasteiger partial charge in [0.15, 0.2) is 5.82 Å². The second kappa shape index (κ2) is 4.00. The summed E-state index contributed by atoms with van der Waals surface area (Å²) in [4.78, 5) is 0. The minimum atomic E-state index is 0.0611. The number of halogens is 2. The number of nitriles is 1. The number of benzene rings is 1. The molecule has 0 amide bonds. The van der Waals surface area contributed by atoms with Gasteiger partial charge in [0.25, 0.3) is 0 Å². The van der Waals surface area contributed by atoms with Gasteiger partial charge in [0.05, 0.1) is 10.7 Å². The quantitative estimate of drug-likeness (QED) is 0.844. The predicted molar refractivity (Wildman–Crippen MR) is 60.5 cm³/mol. The van der Waals surface area contributed by atoms with Crippen LogP contribution in [0.3, 0.4) is 0 Å². The molecule has 80 valence electrons. The number of rotatable bonds is 1. The second-order valence-corrected chi connectivity index (χ2v) is 3.79. The third-order valence-electron chi connectivity index (χ3n) is 1.95. The highest BCUT2D eigenvalue weighted by molar-refractivity contribution is 6.35. The molecule has 0 aliphatic rings. The standard InChI is InChI=1S/C9H5Cl2N5/c10-5-1-2-8(6(11)3-5)16-9(13)7(4-12)14-15-16/h1-3H,13H2. The number of nitrogen functional groups attached to an aromatic ring is 1. The Bertz CT molecular complexity index is 584. The number of hydrogen-bond donors (Lipinski definition) is 1. The molecule has 0 saturated heterocycles. The van der Waals surface area contributed by atoms with Crippen LogP contribution in [0.4, 0.5) is 5.82 Å². The molecule has 0 spiro atoms. The Kier molecular flexibility index (Phi) is 2.69. The van der Waals surface area contributed by atoms with Crippen molar-refractivity contribution in [2.75, 3.05) is 5.73 Å². The second-order valence-electron chi connectivity index (χ2n) is 2.94. The molecule has 1 aromatic carbocycles. The Hall–Kier alpha value is -1.77. The number of aromatic nitrogens is 3. The zero-order valence-corrected chi connectivity index (χ0v) is 9.37. The van der Waals surface area contributed by atoms with Crippen molar-refractivity contribution < 1.29 is 0 Å². The Labute approximate surface area is 101 Å². The highest BCUT2D eigenvalue weighted by Gasteiger charge is 2.12. The Morgan fingerprint density at radius 3 is 2.69 bits per heavy atom. The molecule has 2 rings (SSSR count). The van der Waals surface area contributed by atoms with Gasteiger partial charge in [-0.3, -0.25) is 0 Å². The number of hydrogen-bond acceptors (Lipinski definition) is 4. The summed E-state index contributed by atoms with van der Waals surface area (Å²) in [6, 6.07) is 6.69. The fraction of sp³-hybridized carbons (Fsp3) is 0. The van der Waals surface area contributed by atoms with Crippen LogP contribution in [0.5, 0.6) is 0 Å². The van der Waals surface area contributed by atoms with Gasteiger partial charge in [-0.2, -0.15) is 9.94 Å². The molecule has 2 aromatic rings. The van der Waals surface area contributed by atoms with Gasteiger partial charge in [-0.05, 0) is 18.2 Å². The average Bonchev–Trinajstić information content (AvgIpc) is 2.60. The monoisotopic (exact) mass is 253 g/mol. The van der Waals surface area contributed by atoms with Gasteiger partial charge < -0.3 is 5.73 Å². The average molecular weight is 254 g/mol. The van der Waals surface area contributed by atoms with Crippen LogP contribution in [0.25, 0.3) is 5.69 Å². The molecule has 0 aliphatic heterocycles. The first kappa shape index (κ1) is 10.7. The smallest absolute Gasteiger partial charge is 0.206 e. The molecule has 0 unspecified atom stereocenters. The first-order valence-electron chi connectivity index (χ1n) is 4.20. The summed E-state index contributed by atoms with van der Waals surface area (Å²) in [5.74, 6) is 0.145. The third-order valence-corrected chi connectivity index (χ3v) is 2.49. The number of nitrogens with zero attached hydrogens (tertiary/aromatic N) is 4. The van der Waals surface area contributed by atoms with Crippen LogP contribution >= 0.6 is 23.2 Å². The minimum Gasteiger partial charge on any atom is -0.381 e. The molecule has 2 N–H and O–H groups in total. The van der Waals surface area contributed by atoms with Gasteiger partial charge >= 0.3 is 0 Å². The van der Waals surface area contributed by atoms with E-state index in [4.69, 9.17) is 34.2 Å². The highest BCUT2D eigenvalue weighted by Crippen LogP contribution is 2.25. The molecule has 1 heterocycles. The fourth-order valence-electron chi connectivity index (χ4n) is 1.20. The largest absolute Gasteiger partial charge is 0.381 e. The first-order chi connectivity index (χ1) is 7.63. The Morgan fingerprint density at radius 1 is 1.38 bits per heavy atom. The first-order valence-corrected chi connectivity index (χ1v) is 4.96. The van der Waals surface area contributed by atoms with Crippen LogP contribution in [0.1, 0.15) is 5.69 Å². The Morgan fingerprint density at radius 2 is 2.12 bits per heavy atom. The van der Waals surface area contributed by atoms with E-state index in [1.807, 2.05) is 6.07 Å². The zero-order valence-electron chi connectivity index (χ0n) is 7.85. The van der Waals surface area contributed by atoms with Crippen molar-refractivity contribution in [3.8, 4) is 11.8 Å². The van der Waals surface area contributed by atoms with Gasteiger partial charge in [-0.1, -0.05) is 28.4 Å². The van der Waals surface area contributed by atoms with Gasteiger partial charge in [0.2, 0.25) is 5.69 Å². The van der Waals surface area contributed by atoms with Gasteiger partial charge in [0, 0.05) is 5.02 Å². The SMILES string of the molecule is N#Cc1nnn(-c2ccc(Cl)cc2Cl)c1N. The van der Waals surface area contributed by atoms with Crippen LogP contribution in [-0.2, 0) is 0 Å². The van der Waals surface area contributed by atoms with Crippen LogP contribution < -0.4 is 5.73 Å². The molecule has 0 aliphatic carbocycles. The van der Waals surface area contributed by atoms with Gasteiger partial charge in [-0.25, -0.2) is 0 Å². The lowest BCUT2D eigenvalue weighted by Gasteiger charge is -2.04. The van der Waals surface area contributed by atoms with Crippen molar-refractivity contribution in [3.63, 3.8) is 0 Å². The molecular formula is C9H5Cl2N5. The van der Waals surface area contributed by atoms with Crippen LogP contribution in [-0.4, -0.2) is 15.0 Å². The molecule has 7 heteroatoms. The topological polar surface area (TPSA) is 80.5 Å². The zero-order chi connectivity index (χ0) is 11.7. The summed E-state index contributed by atoms with van der Waals surface area (Å²) >= 11 is 11.7. The van der Waals surface area contributed by atoms with E-state index < -0.39 is 0 Å². The summed E-state index contributed by atoms with van der Waals surface area (Å²) in [7, 11) is 0. The fourth-order valence-corrected chi connectivity index (χ4v) is 1.69. The molecule has 5 nitrogen and oxygen atoms in total. The maximum Gasteiger partial charge on any atom is 0.206 e. The van der Waals surface area contributed by atoms with E-state index in [0.29, 0.717) is 15.7 Å². The summed E-state index contributed by atoms with van der Waals surface area (Å²) < 4.78 is 1.29. The van der Waals surface area contributed by atoms with Crippen LogP contribution in [0, 0.1) is 11.3 Å². The molecule has 1 aromatic heterocycles.